The Bertz CT molecular complexity index is 580. The fraction of sp³-hybridized carbons (Fsp3) is 0.294. The lowest BCUT2D eigenvalue weighted by atomic mass is 10.0. The number of ether oxygens (including phenoxy) is 2. The molecule has 0 aliphatic carbocycles. The summed E-state index contributed by atoms with van der Waals surface area (Å²) in [4.78, 5) is 0. The van der Waals surface area contributed by atoms with Crippen molar-refractivity contribution in [3.8, 4) is 11.5 Å². The first-order chi connectivity index (χ1) is 9.78. The number of rotatable bonds is 3. The molecule has 20 heavy (non-hydrogen) atoms. The number of hydrogen-bond donors (Lipinski definition) is 0. The summed E-state index contributed by atoms with van der Waals surface area (Å²) in [6.45, 7) is 2.61. The molecule has 0 N–H and O–H groups in total. The standard InChI is InChI=1S/C17H17ClO2/c1-2-12-7-9-13(10-8-12)17(18)16-11-19-14-5-3-4-6-15(14)20-16/h3-10,16-17H,2,11H2,1H3. The van der Waals surface area contributed by atoms with Crippen molar-refractivity contribution in [3.63, 3.8) is 0 Å². The van der Waals surface area contributed by atoms with E-state index in [2.05, 4.69) is 31.2 Å². The van der Waals surface area contributed by atoms with Gasteiger partial charge in [0.25, 0.3) is 0 Å². The Hall–Kier alpha value is -1.67. The van der Waals surface area contributed by atoms with E-state index in [9.17, 15) is 0 Å². The summed E-state index contributed by atoms with van der Waals surface area (Å²) < 4.78 is 11.7. The topological polar surface area (TPSA) is 18.5 Å². The van der Waals surface area contributed by atoms with Crippen LogP contribution in [-0.4, -0.2) is 12.7 Å². The maximum absolute atomic E-state index is 6.54. The molecule has 0 aromatic heterocycles. The summed E-state index contributed by atoms with van der Waals surface area (Å²) in [5, 5.41) is -0.214. The first kappa shape index (κ1) is 13.3. The average Bonchev–Trinajstić information content (AvgIpc) is 2.54. The summed E-state index contributed by atoms with van der Waals surface area (Å²) in [6.07, 6.45) is 0.864. The maximum Gasteiger partial charge on any atom is 0.161 e. The molecule has 1 heterocycles. The van der Waals surface area contributed by atoms with Gasteiger partial charge in [0.1, 0.15) is 6.61 Å². The minimum Gasteiger partial charge on any atom is -0.486 e. The van der Waals surface area contributed by atoms with Gasteiger partial charge in [0.2, 0.25) is 0 Å². The highest BCUT2D eigenvalue weighted by molar-refractivity contribution is 6.21. The fourth-order valence-corrected chi connectivity index (χ4v) is 2.60. The number of benzene rings is 2. The highest BCUT2D eigenvalue weighted by atomic mass is 35.5. The molecule has 2 aromatic rings. The lowest BCUT2D eigenvalue weighted by Crippen LogP contribution is -2.32. The average molecular weight is 289 g/mol. The predicted octanol–water partition coefficient (Wildman–Crippen LogP) is 4.37. The second kappa shape index (κ2) is 5.76. The van der Waals surface area contributed by atoms with Crippen molar-refractivity contribution in [1.82, 2.24) is 0 Å². The van der Waals surface area contributed by atoms with Crippen molar-refractivity contribution >= 4 is 11.6 Å². The quantitative estimate of drug-likeness (QED) is 0.781. The molecular formula is C17H17ClO2. The van der Waals surface area contributed by atoms with E-state index in [0.717, 1.165) is 23.5 Å². The first-order valence-corrected chi connectivity index (χ1v) is 7.33. The SMILES string of the molecule is CCc1ccc(C(Cl)C2COc3ccccc3O2)cc1. The lowest BCUT2D eigenvalue weighted by molar-refractivity contribution is 0.0877. The zero-order valence-corrected chi connectivity index (χ0v) is 12.1. The van der Waals surface area contributed by atoms with Crippen LogP contribution in [-0.2, 0) is 6.42 Å². The van der Waals surface area contributed by atoms with Crippen LogP contribution in [0.4, 0.5) is 0 Å². The van der Waals surface area contributed by atoms with Crippen molar-refractivity contribution in [2.75, 3.05) is 6.61 Å². The molecule has 0 amide bonds. The number of fused-ring (bicyclic) bond motifs is 1. The Morgan fingerprint density at radius 2 is 1.80 bits per heavy atom. The Kier molecular flexibility index (Phi) is 3.83. The summed E-state index contributed by atoms with van der Waals surface area (Å²) in [6, 6.07) is 16.1. The molecule has 1 aliphatic rings. The van der Waals surface area contributed by atoms with Gasteiger partial charge >= 0.3 is 0 Å². The van der Waals surface area contributed by atoms with Crippen LogP contribution >= 0.6 is 11.6 Å². The van der Waals surface area contributed by atoms with Gasteiger partial charge in [-0.05, 0) is 29.7 Å². The van der Waals surface area contributed by atoms with E-state index in [1.54, 1.807) is 0 Å². The van der Waals surface area contributed by atoms with Gasteiger partial charge < -0.3 is 9.47 Å². The normalized spacial score (nSPS) is 18.6. The molecule has 3 heteroatoms. The molecule has 0 spiro atoms. The van der Waals surface area contributed by atoms with Crippen molar-refractivity contribution in [2.24, 2.45) is 0 Å². The smallest absolute Gasteiger partial charge is 0.161 e. The molecule has 0 fully saturated rings. The van der Waals surface area contributed by atoms with Crippen LogP contribution in [0.15, 0.2) is 48.5 Å². The van der Waals surface area contributed by atoms with Gasteiger partial charge in [0.05, 0.1) is 5.38 Å². The number of para-hydroxylation sites is 2. The molecule has 1 aliphatic heterocycles. The molecule has 2 aromatic carbocycles. The van der Waals surface area contributed by atoms with Gasteiger partial charge in [-0.15, -0.1) is 11.6 Å². The van der Waals surface area contributed by atoms with Gasteiger partial charge in [-0.3, -0.25) is 0 Å². The van der Waals surface area contributed by atoms with Crippen LogP contribution in [0.5, 0.6) is 11.5 Å². The van der Waals surface area contributed by atoms with E-state index in [1.165, 1.54) is 5.56 Å². The van der Waals surface area contributed by atoms with Crippen LogP contribution in [0.1, 0.15) is 23.4 Å². The Balaban J connectivity index is 1.76. The van der Waals surface area contributed by atoms with E-state index in [-0.39, 0.29) is 11.5 Å². The van der Waals surface area contributed by atoms with Crippen LogP contribution < -0.4 is 9.47 Å². The molecular weight excluding hydrogens is 272 g/mol. The first-order valence-electron chi connectivity index (χ1n) is 6.89. The van der Waals surface area contributed by atoms with E-state index in [1.807, 2.05) is 24.3 Å². The molecule has 2 nitrogen and oxygen atoms in total. The largest absolute Gasteiger partial charge is 0.486 e. The zero-order chi connectivity index (χ0) is 13.9. The number of halogens is 1. The lowest BCUT2D eigenvalue weighted by Gasteiger charge is -2.29. The summed E-state index contributed by atoms with van der Waals surface area (Å²) in [5.74, 6) is 1.55. The third kappa shape index (κ3) is 2.61. The predicted molar refractivity (Wildman–Crippen MR) is 80.8 cm³/mol. The molecule has 2 unspecified atom stereocenters. The van der Waals surface area contributed by atoms with Crippen molar-refractivity contribution < 1.29 is 9.47 Å². The summed E-state index contributed by atoms with van der Waals surface area (Å²) >= 11 is 6.54. The van der Waals surface area contributed by atoms with Crippen LogP contribution in [0.3, 0.4) is 0 Å². The second-order valence-corrected chi connectivity index (χ2v) is 5.38. The minimum atomic E-state index is -0.214. The van der Waals surface area contributed by atoms with E-state index >= 15 is 0 Å². The molecule has 0 saturated heterocycles. The highest BCUT2D eigenvalue weighted by Gasteiger charge is 2.28. The fourth-order valence-electron chi connectivity index (χ4n) is 2.33. The Morgan fingerprint density at radius 1 is 1.10 bits per heavy atom. The molecule has 3 rings (SSSR count). The minimum absolute atomic E-state index is 0.168. The van der Waals surface area contributed by atoms with Crippen LogP contribution in [0, 0.1) is 0 Å². The van der Waals surface area contributed by atoms with E-state index < -0.39 is 0 Å². The van der Waals surface area contributed by atoms with Crippen LogP contribution in [0.25, 0.3) is 0 Å². The number of alkyl halides is 1. The molecule has 0 bridgehead atoms. The van der Waals surface area contributed by atoms with Crippen molar-refractivity contribution in [3.05, 3.63) is 59.7 Å². The van der Waals surface area contributed by atoms with Crippen molar-refractivity contribution in [1.29, 1.82) is 0 Å². The van der Waals surface area contributed by atoms with Crippen LogP contribution in [0.2, 0.25) is 0 Å². The van der Waals surface area contributed by atoms with E-state index in [0.29, 0.717) is 6.61 Å². The Morgan fingerprint density at radius 3 is 2.50 bits per heavy atom. The van der Waals surface area contributed by atoms with E-state index in [4.69, 9.17) is 21.1 Å². The monoisotopic (exact) mass is 288 g/mol. The molecule has 2 atom stereocenters. The van der Waals surface area contributed by atoms with Crippen molar-refractivity contribution in [2.45, 2.75) is 24.8 Å². The van der Waals surface area contributed by atoms with Gasteiger partial charge in [0, 0.05) is 0 Å². The zero-order valence-electron chi connectivity index (χ0n) is 11.4. The molecule has 104 valence electrons. The summed E-state index contributed by atoms with van der Waals surface area (Å²) in [5.41, 5.74) is 2.38. The molecule has 0 radical (unpaired) electrons. The molecule has 0 saturated carbocycles. The van der Waals surface area contributed by atoms with Gasteiger partial charge in [0.15, 0.2) is 17.6 Å². The third-order valence-electron chi connectivity index (χ3n) is 3.56. The maximum atomic E-state index is 6.54. The highest BCUT2D eigenvalue weighted by Crippen LogP contribution is 2.36. The summed E-state index contributed by atoms with van der Waals surface area (Å²) in [7, 11) is 0. The van der Waals surface area contributed by atoms with Gasteiger partial charge in [-0.25, -0.2) is 0 Å². The Labute approximate surface area is 124 Å². The van der Waals surface area contributed by atoms with Gasteiger partial charge in [-0.1, -0.05) is 43.3 Å². The third-order valence-corrected chi connectivity index (χ3v) is 4.10. The number of hydrogen-bond acceptors (Lipinski definition) is 2. The second-order valence-electron chi connectivity index (χ2n) is 4.91. The number of aryl methyl sites for hydroxylation is 1. The van der Waals surface area contributed by atoms with Gasteiger partial charge in [-0.2, -0.15) is 0 Å².